The van der Waals surface area contributed by atoms with Crippen LogP contribution in [-0.4, -0.2) is 21.0 Å². The summed E-state index contributed by atoms with van der Waals surface area (Å²) in [6, 6.07) is 2.18. The van der Waals surface area contributed by atoms with Gasteiger partial charge in [-0.05, 0) is 24.5 Å². The summed E-state index contributed by atoms with van der Waals surface area (Å²) in [4.78, 5) is 11.1. The number of benzene rings is 1. The zero-order chi connectivity index (χ0) is 15.6. The van der Waals surface area contributed by atoms with Crippen LogP contribution in [0.5, 0.6) is 0 Å². The molecule has 116 valence electrons. The molecule has 4 nitrogen and oxygen atoms in total. The van der Waals surface area contributed by atoms with Crippen molar-refractivity contribution in [3.8, 4) is 0 Å². The van der Waals surface area contributed by atoms with Gasteiger partial charge in [-0.15, -0.1) is 0 Å². The lowest BCUT2D eigenvalue weighted by Crippen LogP contribution is -2.16. The molecule has 0 amide bonds. The van der Waals surface area contributed by atoms with E-state index in [1.165, 1.54) is 12.5 Å². The van der Waals surface area contributed by atoms with Crippen LogP contribution in [-0.2, 0) is 13.8 Å². The highest BCUT2D eigenvalue weighted by atomic mass is 79.9. The zero-order valence-corrected chi connectivity index (χ0v) is 14.1. The summed E-state index contributed by atoms with van der Waals surface area (Å²) in [6.45, 7) is 0.193. The van der Waals surface area contributed by atoms with Gasteiger partial charge >= 0.3 is 5.97 Å². The lowest BCUT2D eigenvalue weighted by molar-refractivity contribution is 0.0458. The fourth-order valence-corrected chi connectivity index (χ4v) is 3.61. The van der Waals surface area contributed by atoms with Crippen molar-refractivity contribution < 1.29 is 22.3 Å². The molecule has 0 unspecified atom stereocenters. The lowest BCUT2D eigenvalue weighted by Gasteiger charge is -2.24. The second-order valence-corrected chi connectivity index (χ2v) is 8.37. The van der Waals surface area contributed by atoms with E-state index in [9.17, 15) is 17.6 Å². The Hall–Kier alpha value is -0.660. The molecule has 0 bridgehead atoms. The summed E-state index contributed by atoms with van der Waals surface area (Å²) in [5, 5.41) is 0. The summed E-state index contributed by atoms with van der Waals surface area (Å²) in [6.07, 6.45) is 4.17. The van der Waals surface area contributed by atoms with Gasteiger partial charge in [-0.2, -0.15) is 0 Å². The first-order valence-electron chi connectivity index (χ1n) is 6.40. The van der Waals surface area contributed by atoms with Crippen molar-refractivity contribution in [2.45, 2.75) is 30.6 Å². The van der Waals surface area contributed by atoms with Gasteiger partial charge in [-0.1, -0.05) is 35.2 Å². The predicted molar refractivity (Wildman–Crippen MR) is 79.4 cm³/mol. The first-order chi connectivity index (χ1) is 9.79. The maximum absolute atomic E-state index is 14.1. The summed E-state index contributed by atoms with van der Waals surface area (Å²) in [5.41, 5.74) is -0.447. The third-order valence-electron chi connectivity index (χ3n) is 3.47. The monoisotopic (exact) mass is 398 g/mol. The van der Waals surface area contributed by atoms with Gasteiger partial charge in [-0.3, -0.25) is 0 Å². The Kier molecular flexibility index (Phi) is 5.27. The number of ether oxygens (including phenoxy) is 1. The Morgan fingerprint density at radius 1 is 1.43 bits per heavy atom. The topological polar surface area (TPSA) is 60.4 Å². The largest absolute Gasteiger partial charge is 0.462 e. The van der Waals surface area contributed by atoms with Crippen LogP contribution in [0.15, 0.2) is 21.5 Å². The maximum Gasteiger partial charge on any atom is 0.341 e. The van der Waals surface area contributed by atoms with Crippen LogP contribution in [0.4, 0.5) is 4.39 Å². The molecule has 21 heavy (non-hydrogen) atoms. The lowest BCUT2D eigenvalue weighted by atomic mass is 9.83. The molecular weight excluding hydrogens is 387 g/mol. The van der Waals surface area contributed by atoms with Crippen molar-refractivity contribution in [3.05, 3.63) is 28.0 Å². The number of esters is 1. The highest BCUT2D eigenvalue weighted by molar-refractivity contribution is 9.10. The first kappa shape index (κ1) is 16.7. The minimum Gasteiger partial charge on any atom is -0.462 e. The third kappa shape index (κ3) is 4.17. The number of hydrogen-bond acceptors (Lipinski definition) is 4. The Morgan fingerprint density at radius 2 is 2.10 bits per heavy atom. The van der Waals surface area contributed by atoms with Gasteiger partial charge in [-0.25, -0.2) is 17.6 Å². The van der Waals surface area contributed by atoms with E-state index in [4.69, 9.17) is 15.4 Å². The average Bonchev–Trinajstić information content (AvgIpc) is 2.33. The van der Waals surface area contributed by atoms with Crippen molar-refractivity contribution in [2.75, 3.05) is 6.61 Å². The molecule has 1 aliphatic carbocycles. The molecule has 1 aromatic rings. The summed E-state index contributed by atoms with van der Waals surface area (Å²) in [5.74, 6) is -1.53. The third-order valence-corrected chi connectivity index (χ3v) is 5.25. The second-order valence-electron chi connectivity index (χ2n) is 4.92. The van der Waals surface area contributed by atoms with Crippen molar-refractivity contribution in [2.24, 2.45) is 5.92 Å². The smallest absolute Gasteiger partial charge is 0.341 e. The zero-order valence-electron chi connectivity index (χ0n) is 10.9. The quantitative estimate of drug-likeness (QED) is 0.557. The van der Waals surface area contributed by atoms with E-state index in [0.717, 1.165) is 25.3 Å². The van der Waals surface area contributed by atoms with Crippen LogP contribution in [0.1, 0.15) is 36.0 Å². The molecule has 1 aromatic carbocycles. The van der Waals surface area contributed by atoms with Gasteiger partial charge in [0.25, 0.3) is 9.05 Å². The standard InChI is InChI=1S/C13H13BrClFO4S/c14-9-6-10(12(16)11(7-9)21(15,18)19)13(17)20-5-4-8-2-1-3-8/h6-8H,1-5H2. The summed E-state index contributed by atoms with van der Waals surface area (Å²) in [7, 11) is 0.863. The van der Waals surface area contributed by atoms with Crippen LogP contribution < -0.4 is 0 Å². The minimum absolute atomic E-state index is 0.193. The van der Waals surface area contributed by atoms with Crippen molar-refractivity contribution in [3.63, 3.8) is 0 Å². The van der Waals surface area contributed by atoms with Gasteiger partial charge in [0.15, 0.2) is 5.82 Å². The summed E-state index contributed by atoms with van der Waals surface area (Å²) < 4.78 is 41.9. The molecule has 8 heteroatoms. The van der Waals surface area contributed by atoms with Crippen LogP contribution in [0.2, 0.25) is 0 Å². The van der Waals surface area contributed by atoms with E-state index < -0.39 is 31.3 Å². The Labute approximate surface area is 135 Å². The van der Waals surface area contributed by atoms with Gasteiger partial charge < -0.3 is 4.74 Å². The van der Waals surface area contributed by atoms with E-state index in [-0.39, 0.29) is 11.1 Å². The number of halogens is 3. The van der Waals surface area contributed by atoms with Crippen LogP contribution >= 0.6 is 26.6 Å². The highest BCUT2D eigenvalue weighted by Crippen LogP contribution is 2.30. The van der Waals surface area contributed by atoms with Gasteiger partial charge in [0.1, 0.15) is 4.90 Å². The van der Waals surface area contributed by atoms with Crippen LogP contribution in [0.3, 0.4) is 0 Å². The van der Waals surface area contributed by atoms with E-state index in [1.54, 1.807) is 0 Å². The van der Waals surface area contributed by atoms with E-state index in [0.29, 0.717) is 5.92 Å². The predicted octanol–water partition coefficient (Wildman–Crippen LogP) is 3.86. The van der Waals surface area contributed by atoms with E-state index in [2.05, 4.69) is 15.9 Å². The van der Waals surface area contributed by atoms with Crippen LogP contribution in [0, 0.1) is 11.7 Å². The summed E-state index contributed by atoms with van der Waals surface area (Å²) >= 11 is 3.02. The molecule has 2 rings (SSSR count). The molecule has 0 radical (unpaired) electrons. The van der Waals surface area contributed by atoms with E-state index >= 15 is 0 Å². The molecule has 1 fully saturated rings. The molecule has 1 aliphatic rings. The molecule has 0 aliphatic heterocycles. The fraction of sp³-hybridized carbons (Fsp3) is 0.462. The SMILES string of the molecule is O=C(OCCC1CCC1)c1cc(Br)cc(S(=O)(=O)Cl)c1F. The fourth-order valence-electron chi connectivity index (χ4n) is 2.07. The average molecular weight is 400 g/mol. The minimum atomic E-state index is -4.28. The van der Waals surface area contributed by atoms with Crippen molar-refractivity contribution in [1.82, 2.24) is 0 Å². The number of hydrogen-bond donors (Lipinski definition) is 0. The molecule has 0 atom stereocenters. The number of carbonyl (C=O) groups excluding carboxylic acids is 1. The Morgan fingerprint density at radius 3 is 2.62 bits per heavy atom. The van der Waals surface area contributed by atoms with E-state index in [1.807, 2.05) is 0 Å². The molecule has 0 spiro atoms. The molecular formula is C13H13BrClFO4S. The molecule has 0 saturated heterocycles. The van der Waals surface area contributed by atoms with Crippen molar-refractivity contribution in [1.29, 1.82) is 0 Å². The van der Waals surface area contributed by atoms with Crippen molar-refractivity contribution >= 4 is 41.6 Å². The Bertz CT molecular complexity index is 658. The first-order valence-corrected chi connectivity index (χ1v) is 9.50. The van der Waals surface area contributed by atoms with Crippen LogP contribution in [0.25, 0.3) is 0 Å². The molecule has 0 N–H and O–H groups in total. The molecule has 0 heterocycles. The number of rotatable bonds is 5. The second kappa shape index (κ2) is 6.62. The molecule has 1 saturated carbocycles. The van der Waals surface area contributed by atoms with Gasteiger partial charge in [0.05, 0.1) is 12.2 Å². The highest BCUT2D eigenvalue weighted by Gasteiger charge is 2.25. The van der Waals surface area contributed by atoms with Gasteiger partial charge in [0.2, 0.25) is 0 Å². The number of carbonyl (C=O) groups is 1. The Balaban J connectivity index is 2.14. The normalized spacial score (nSPS) is 15.6. The maximum atomic E-state index is 14.1. The van der Waals surface area contributed by atoms with Gasteiger partial charge in [0, 0.05) is 15.2 Å². The molecule has 0 aromatic heterocycles.